The molecule has 13 heteroatoms. The van der Waals surface area contributed by atoms with Gasteiger partial charge in [-0.25, -0.2) is 4.79 Å². The van der Waals surface area contributed by atoms with Crippen LogP contribution in [0.2, 0.25) is 0 Å². The lowest BCUT2D eigenvalue weighted by Crippen LogP contribution is -2.61. The number of carbonyl (C=O) groups is 3. The zero-order chi connectivity index (χ0) is 36.4. The Balaban J connectivity index is 1.67. The van der Waals surface area contributed by atoms with Crippen LogP contribution in [0.4, 0.5) is 4.79 Å². The molecule has 2 unspecified atom stereocenters. The molecule has 14 atom stereocenters. The number of rotatable bonds is 9. The number of hydrogen-bond donors (Lipinski definition) is 4. The smallest absolute Gasteiger partial charge is 0.408 e. The number of carbonyl (C=O) groups excluding carboxylic acids is 3. The summed E-state index contributed by atoms with van der Waals surface area (Å²) in [5.41, 5.74) is -2.18. The maximum absolute atomic E-state index is 14.3. The summed E-state index contributed by atoms with van der Waals surface area (Å²) in [6.07, 6.45) is -0.597. The van der Waals surface area contributed by atoms with E-state index in [9.17, 15) is 19.5 Å². The van der Waals surface area contributed by atoms with Crippen LogP contribution in [0.25, 0.3) is 0 Å². The van der Waals surface area contributed by atoms with Gasteiger partial charge in [-0.3, -0.25) is 9.59 Å². The van der Waals surface area contributed by atoms with Gasteiger partial charge in [0.05, 0.1) is 23.9 Å². The molecule has 0 bridgehead atoms. The molecule has 1 amide bonds. The van der Waals surface area contributed by atoms with Crippen molar-refractivity contribution in [1.82, 2.24) is 20.9 Å². The number of hydrogen-bond acceptors (Lipinski definition) is 12. The number of likely N-dealkylation sites (N-methyl/N-ethyl adjacent to an activating group) is 1. The van der Waals surface area contributed by atoms with Gasteiger partial charge in [0.1, 0.15) is 18.1 Å². The largest absolute Gasteiger partial charge is 0.458 e. The van der Waals surface area contributed by atoms with Crippen molar-refractivity contribution in [3.05, 3.63) is 0 Å². The molecule has 49 heavy (non-hydrogen) atoms. The maximum Gasteiger partial charge on any atom is 0.408 e. The van der Waals surface area contributed by atoms with Crippen molar-refractivity contribution in [3.63, 3.8) is 0 Å². The summed E-state index contributed by atoms with van der Waals surface area (Å²) in [5.74, 6) is -2.34. The molecule has 4 aliphatic rings. The minimum Gasteiger partial charge on any atom is -0.458 e. The molecule has 0 spiro atoms. The van der Waals surface area contributed by atoms with E-state index in [4.69, 9.17) is 23.7 Å². The Kier molecular flexibility index (Phi) is 13.2. The third-order valence-electron chi connectivity index (χ3n) is 11.6. The second-order valence-corrected chi connectivity index (χ2v) is 16.0. The first-order valence-electron chi connectivity index (χ1n) is 18.4. The van der Waals surface area contributed by atoms with Crippen LogP contribution in [0.15, 0.2) is 0 Å². The molecule has 4 N–H and O–H groups in total. The summed E-state index contributed by atoms with van der Waals surface area (Å²) in [5, 5.41) is 21.7. The normalized spacial score (nSPS) is 43.5. The number of aliphatic hydroxyl groups excluding tert-OH is 1. The zero-order valence-corrected chi connectivity index (χ0v) is 31.6. The quantitative estimate of drug-likeness (QED) is 0.207. The molecule has 0 aromatic heterocycles. The zero-order valence-electron chi connectivity index (χ0n) is 31.6. The van der Waals surface area contributed by atoms with Crippen LogP contribution in [-0.4, -0.2) is 128 Å². The Morgan fingerprint density at radius 1 is 1.12 bits per heavy atom. The number of fused-ring (bicyclic) bond motifs is 1. The highest BCUT2D eigenvalue weighted by molar-refractivity contribution is 6.00. The van der Waals surface area contributed by atoms with Gasteiger partial charge in [-0.2, -0.15) is 0 Å². The Morgan fingerprint density at radius 3 is 2.39 bits per heavy atom. The second-order valence-electron chi connectivity index (χ2n) is 16.0. The van der Waals surface area contributed by atoms with E-state index in [1.807, 2.05) is 39.8 Å². The molecule has 0 radical (unpaired) electrons. The number of alkyl carbamates (subject to hydrolysis) is 1. The van der Waals surface area contributed by atoms with E-state index in [1.54, 1.807) is 21.0 Å². The molecular formula is C36H64N4O9. The Hall–Kier alpha value is -1.87. The fourth-order valence-corrected chi connectivity index (χ4v) is 8.10. The predicted octanol–water partition coefficient (Wildman–Crippen LogP) is 2.62. The van der Waals surface area contributed by atoms with Crippen LogP contribution in [0.3, 0.4) is 0 Å². The third-order valence-corrected chi connectivity index (χ3v) is 11.6. The summed E-state index contributed by atoms with van der Waals surface area (Å²) in [6.45, 7) is 16.4. The minimum absolute atomic E-state index is 0.0203. The minimum atomic E-state index is -1.16. The van der Waals surface area contributed by atoms with Crippen molar-refractivity contribution in [3.8, 4) is 0 Å². The molecule has 4 fully saturated rings. The van der Waals surface area contributed by atoms with Crippen LogP contribution in [-0.2, 0) is 33.3 Å². The molecule has 3 saturated heterocycles. The lowest BCUT2D eigenvalue weighted by Gasteiger charge is -2.48. The molecule has 0 aromatic rings. The van der Waals surface area contributed by atoms with E-state index in [0.29, 0.717) is 31.7 Å². The monoisotopic (exact) mass is 696 g/mol. The highest BCUT2D eigenvalue weighted by Crippen LogP contribution is 2.38. The predicted molar refractivity (Wildman–Crippen MR) is 184 cm³/mol. The Bertz CT molecular complexity index is 1160. The van der Waals surface area contributed by atoms with Crippen molar-refractivity contribution < 1.29 is 43.2 Å². The van der Waals surface area contributed by atoms with E-state index in [2.05, 4.69) is 29.8 Å². The van der Waals surface area contributed by atoms with E-state index in [0.717, 1.165) is 6.54 Å². The average Bonchev–Trinajstić information content (AvgIpc) is 3.84. The number of Topliss-reactive ketones (excluding diaryl/α,β-unsaturated/α-hetero) is 1. The standard InChI is InChI=1S/C36H64N4O9/c1-12-27-36(8)30(39-34(44)49-36)23(6)37-17-19(2)16-35(7,45-11)31(20(3)28(41)21(4)32(43)47-27)48-33-29(42)25(40(9)10)15-26(46-33)22(5)38-18-24-13-14-24/h19-27,29-31,33,37-38,42H,12-18H2,1-11H3,(H,39,44)/t19-,20+,21?,22?,23-,25+,26+,27-,29-,30-,31-,33+,35-,36-/m1/s1. The summed E-state index contributed by atoms with van der Waals surface area (Å²) < 4.78 is 31.3. The molecule has 3 aliphatic heterocycles. The lowest BCUT2D eigenvalue weighted by molar-refractivity contribution is -0.300. The summed E-state index contributed by atoms with van der Waals surface area (Å²) in [7, 11) is 5.46. The van der Waals surface area contributed by atoms with Crippen LogP contribution in [0.5, 0.6) is 0 Å². The highest BCUT2D eigenvalue weighted by Gasteiger charge is 2.55. The van der Waals surface area contributed by atoms with Gasteiger partial charge in [-0.05, 0) is 106 Å². The van der Waals surface area contributed by atoms with Crippen LogP contribution >= 0.6 is 0 Å². The summed E-state index contributed by atoms with van der Waals surface area (Å²) in [6, 6.07) is -0.957. The SMILES string of the molecule is CC[C@H]1OC(=O)C(C)C(=O)[C@H](C)[C@@H](O[C@@H]2O[C@H](C(C)NCC3CC3)C[C@H](N(C)C)[C@H]2O)[C@](C)(OC)C[C@@H](C)CN[C@H](C)[C@H]2NC(=O)O[C@@]21C. The molecular weight excluding hydrogens is 632 g/mol. The fraction of sp³-hybridized carbons (Fsp3) is 0.917. The molecule has 13 nitrogen and oxygen atoms in total. The average molecular weight is 697 g/mol. The molecule has 282 valence electrons. The number of nitrogens with zero attached hydrogens (tertiary/aromatic N) is 1. The van der Waals surface area contributed by atoms with Gasteiger partial charge in [0.25, 0.3) is 0 Å². The maximum atomic E-state index is 14.3. The van der Waals surface area contributed by atoms with Crippen LogP contribution in [0.1, 0.15) is 87.5 Å². The van der Waals surface area contributed by atoms with E-state index in [-0.39, 0.29) is 35.9 Å². The summed E-state index contributed by atoms with van der Waals surface area (Å²) >= 11 is 0. The van der Waals surface area contributed by atoms with Gasteiger partial charge in [0.15, 0.2) is 17.7 Å². The van der Waals surface area contributed by atoms with Crippen molar-refractivity contribution >= 4 is 17.8 Å². The molecule has 1 saturated carbocycles. The Labute approximate surface area is 293 Å². The van der Waals surface area contributed by atoms with Gasteiger partial charge in [0.2, 0.25) is 0 Å². The van der Waals surface area contributed by atoms with Crippen LogP contribution < -0.4 is 16.0 Å². The van der Waals surface area contributed by atoms with Crippen molar-refractivity contribution in [1.29, 1.82) is 0 Å². The molecule has 4 rings (SSSR count). The number of esters is 1. The number of cyclic esters (lactones) is 1. The number of aliphatic hydroxyl groups is 1. The van der Waals surface area contributed by atoms with E-state index >= 15 is 0 Å². The van der Waals surface area contributed by atoms with Gasteiger partial charge < -0.3 is 49.6 Å². The molecule has 1 aliphatic carbocycles. The number of ether oxygens (including phenoxy) is 5. The van der Waals surface area contributed by atoms with Gasteiger partial charge in [-0.15, -0.1) is 0 Å². The van der Waals surface area contributed by atoms with Crippen LogP contribution in [0, 0.1) is 23.7 Å². The van der Waals surface area contributed by atoms with Crippen molar-refractivity contribution in [2.45, 2.75) is 154 Å². The second kappa shape index (κ2) is 16.2. The van der Waals surface area contributed by atoms with E-state index < -0.39 is 65.7 Å². The van der Waals surface area contributed by atoms with Gasteiger partial charge in [0, 0.05) is 31.2 Å². The number of ketones is 1. The number of methoxy groups -OCH3 is 1. The lowest BCUT2D eigenvalue weighted by atomic mass is 9.78. The fourth-order valence-electron chi connectivity index (χ4n) is 8.10. The molecule has 3 heterocycles. The topological polar surface area (TPSA) is 157 Å². The van der Waals surface area contributed by atoms with Gasteiger partial charge in [-0.1, -0.05) is 20.8 Å². The first kappa shape index (κ1) is 39.9. The molecule has 0 aromatic carbocycles. The van der Waals surface area contributed by atoms with E-state index in [1.165, 1.54) is 19.8 Å². The van der Waals surface area contributed by atoms with Crippen molar-refractivity contribution in [2.24, 2.45) is 23.7 Å². The van der Waals surface area contributed by atoms with Gasteiger partial charge >= 0.3 is 12.1 Å². The Morgan fingerprint density at radius 2 is 1.80 bits per heavy atom. The number of nitrogens with one attached hydrogen (secondary N) is 3. The number of amides is 1. The first-order valence-corrected chi connectivity index (χ1v) is 18.4. The summed E-state index contributed by atoms with van der Waals surface area (Å²) in [4.78, 5) is 42.4. The highest BCUT2D eigenvalue weighted by atomic mass is 16.7. The third kappa shape index (κ3) is 8.96. The first-order chi connectivity index (χ1) is 22.9. The van der Waals surface area contributed by atoms with Crippen molar-refractivity contribution in [2.75, 3.05) is 34.3 Å².